The highest BCUT2D eigenvalue weighted by molar-refractivity contribution is 7.17. The molecule has 0 saturated carbocycles. The number of hydrogen-bond donors (Lipinski definition) is 1. The molecule has 5 heteroatoms. The van der Waals surface area contributed by atoms with Gasteiger partial charge in [-0.05, 0) is 6.42 Å². The van der Waals surface area contributed by atoms with Gasteiger partial charge in [0.1, 0.15) is 11.6 Å². The third-order valence-corrected chi connectivity index (χ3v) is 2.04. The van der Waals surface area contributed by atoms with Crippen molar-refractivity contribution in [3.63, 3.8) is 0 Å². The van der Waals surface area contributed by atoms with Crippen molar-refractivity contribution in [3.05, 3.63) is 6.20 Å². The standard InChI is InChI=1S/C8H14N2O2S/c1-2-3-11-4-5-12-8-10-6-7(9)13-8/h6H,2-5,9H2,1H3. The maximum atomic E-state index is 5.48. The topological polar surface area (TPSA) is 57.4 Å². The molecule has 0 saturated heterocycles. The second-order valence-electron chi connectivity index (χ2n) is 2.49. The van der Waals surface area contributed by atoms with Crippen LogP contribution in [0.1, 0.15) is 13.3 Å². The van der Waals surface area contributed by atoms with E-state index in [0.29, 0.717) is 23.4 Å². The van der Waals surface area contributed by atoms with Crippen LogP contribution >= 0.6 is 11.3 Å². The minimum Gasteiger partial charge on any atom is -0.468 e. The number of nitrogen functional groups attached to an aromatic ring is 1. The van der Waals surface area contributed by atoms with Gasteiger partial charge in [0.05, 0.1) is 12.8 Å². The maximum absolute atomic E-state index is 5.48. The molecule has 0 spiro atoms. The van der Waals surface area contributed by atoms with E-state index in [-0.39, 0.29) is 0 Å². The van der Waals surface area contributed by atoms with E-state index >= 15 is 0 Å². The van der Waals surface area contributed by atoms with Crippen LogP contribution in [0.4, 0.5) is 5.00 Å². The third kappa shape index (κ3) is 4.10. The van der Waals surface area contributed by atoms with E-state index in [0.717, 1.165) is 13.0 Å². The van der Waals surface area contributed by atoms with Crippen LogP contribution in [0.25, 0.3) is 0 Å². The number of aromatic nitrogens is 1. The Bertz CT molecular complexity index is 240. The Morgan fingerprint density at radius 3 is 2.92 bits per heavy atom. The summed E-state index contributed by atoms with van der Waals surface area (Å²) in [5.41, 5.74) is 5.48. The lowest BCUT2D eigenvalue weighted by molar-refractivity contribution is 0.100. The minimum absolute atomic E-state index is 0.535. The minimum atomic E-state index is 0.535. The molecule has 1 heterocycles. The van der Waals surface area contributed by atoms with Crippen molar-refractivity contribution in [2.24, 2.45) is 0 Å². The average Bonchev–Trinajstić information content (AvgIpc) is 2.51. The van der Waals surface area contributed by atoms with Crippen LogP contribution in [-0.2, 0) is 4.74 Å². The molecule has 0 bridgehead atoms. The predicted molar refractivity (Wildman–Crippen MR) is 53.1 cm³/mol. The number of nitrogens with zero attached hydrogens (tertiary/aromatic N) is 1. The van der Waals surface area contributed by atoms with Crippen LogP contribution in [-0.4, -0.2) is 24.8 Å². The van der Waals surface area contributed by atoms with Crippen molar-refractivity contribution in [2.75, 3.05) is 25.6 Å². The predicted octanol–water partition coefficient (Wildman–Crippen LogP) is 1.53. The number of anilines is 1. The van der Waals surface area contributed by atoms with Gasteiger partial charge in [0.25, 0.3) is 5.19 Å². The van der Waals surface area contributed by atoms with Crippen molar-refractivity contribution in [1.82, 2.24) is 4.98 Å². The summed E-state index contributed by atoms with van der Waals surface area (Å²) in [7, 11) is 0. The van der Waals surface area contributed by atoms with E-state index in [1.165, 1.54) is 11.3 Å². The van der Waals surface area contributed by atoms with Gasteiger partial charge in [-0.3, -0.25) is 0 Å². The van der Waals surface area contributed by atoms with Gasteiger partial charge in [-0.25, -0.2) is 4.98 Å². The zero-order valence-corrected chi connectivity index (χ0v) is 8.47. The fraction of sp³-hybridized carbons (Fsp3) is 0.625. The van der Waals surface area contributed by atoms with Crippen molar-refractivity contribution >= 4 is 16.3 Å². The Balaban J connectivity index is 2.06. The summed E-state index contributed by atoms with van der Waals surface area (Å²) in [5, 5.41) is 1.28. The number of rotatable bonds is 6. The molecule has 74 valence electrons. The molecule has 13 heavy (non-hydrogen) atoms. The van der Waals surface area contributed by atoms with Gasteiger partial charge >= 0.3 is 0 Å². The Labute approximate surface area is 81.7 Å². The Morgan fingerprint density at radius 2 is 2.31 bits per heavy atom. The molecule has 0 aromatic carbocycles. The lowest BCUT2D eigenvalue weighted by Crippen LogP contribution is -2.06. The van der Waals surface area contributed by atoms with Crippen LogP contribution < -0.4 is 10.5 Å². The first-order valence-electron chi connectivity index (χ1n) is 4.24. The normalized spacial score (nSPS) is 10.2. The molecular weight excluding hydrogens is 188 g/mol. The molecule has 0 aliphatic carbocycles. The second-order valence-corrected chi connectivity index (χ2v) is 3.51. The van der Waals surface area contributed by atoms with Gasteiger partial charge in [0.2, 0.25) is 0 Å². The summed E-state index contributed by atoms with van der Waals surface area (Å²) in [6.07, 6.45) is 2.62. The molecule has 0 fully saturated rings. The molecular formula is C8H14N2O2S. The molecule has 0 radical (unpaired) electrons. The van der Waals surface area contributed by atoms with Gasteiger partial charge in [-0.1, -0.05) is 18.3 Å². The SMILES string of the molecule is CCCOCCOc1ncc(N)s1. The Kier molecular flexibility index (Phi) is 4.56. The second kappa shape index (κ2) is 5.77. The summed E-state index contributed by atoms with van der Waals surface area (Å²) >= 11 is 1.34. The fourth-order valence-electron chi connectivity index (χ4n) is 0.771. The summed E-state index contributed by atoms with van der Waals surface area (Å²) in [6.45, 7) is 3.99. The Morgan fingerprint density at radius 1 is 1.46 bits per heavy atom. The number of hydrogen-bond acceptors (Lipinski definition) is 5. The zero-order chi connectivity index (χ0) is 9.52. The molecule has 4 nitrogen and oxygen atoms in total. The van der Waals surface area contributed by atoms with E-state index in [1.807, 2.05) is 0 Å². The van der Waals surface area contributed by atoms with E-state index in [4.69, 9.17) is 15.2 Å². The van der Waals surface area contributed by atoms with Gasteiger partial charge in [-0.15, -0.1) is 0 Å². The number of nitrogens with two attached hydrogens (primary N) is 1. The van der Waals surface area contributed by atoms with Crippen LogP contribution in [0.5, 0.6) is 5.19 Å². The third-order valence-electron chi connectivity index (χ3n) is 1.30. The first-order chi connectivity index (χ1) is 6.33. The lowest BCUT2D eigenvalue weighted by atomic mass is 10.5. The van der Waals surface area contributed by atoms with Crippen molar-refractivity contribution in [2.45, 2.75) is 13.3 Å². The van der Waals surface area contributed by atoms with Gasteiger partial charge < -0.3 is 15.2 Å². The first-order valence-corrected chi connectivity index (χ1v) is 5.06. The van der Waals surface area contributed by atoms with Crippen LogP contribution in [0, 0.1) is 0 Å². The lowest BCUT2D eigenvalue weighted by Gasteiger charge is -2.02. The van der Waals surface area contributed by atoms with Gasteiger partial charge in [0, 0.05) is 6.61 Å². The monoisotopic (exact) mass is 202 g/mol. The molecule has 1 aromatic rings. The molecule has 0 amide bonds. The molecule has 2 N–H and O–H groups in total. The first kappa shape index (κ1) is 10.3. The van der Waals surface area contributed by atoms with Crippen molar-refractivity contribution in [3.8, 4) is 5.19 Å². The van der Waals surface area contributed by atoms with Crippen LogP contribution in [0.15, 0.2) is 6.20 Å². The molecule has 0 unspecified atom stereocenters. The molecule has 0 aliphatic rings. The zero-order valence-electron chi connectivity index (χ0n) is 7.66. The Hall–Kier alpha value is -0.810. The van der Waals surface area contributed by atoms with Gasteiger partial charge in [0.15, 0.2) is 0 Å². The molecule has 0 atom stereocenters. The largest absolute Gasteiger partial charge is 0.468 e. The average molecular weight is 202 g/mol. The quantitative estimate of drug-likeness (QED) is 0.711. The van der Waals surface area contributed by atoms with Crippen LogP contribution in [0.2, 0.25) is 0 Å². The summed E-state index contributed by atoms with van der Waals surface area (Å²) in [5.74, 6) is 0. The summed E-state index contributed by atoms with van der Waals surface area (Å²) in [4.78, 5) is 3.95. The van der Waals surface area contributed by atoms with E-state index < -0.39 is 0 Å². The van der Waals surface area contributed by atoms with E-state index in [2.05, 4.69) is 11.9 Å². The van der Waals surface area contributed by atoms with Crippen LogP contribution in [0.3, 0.4) is 0 Å². The summed E-state index contributed by atoms with van der Waals surface area (Å²) < 4.78 is 10.5. The highest BCUT2D eigenvalue weighted by Gasteiger charge is 1.98. The smallest absolute Gasteiger partial charge is 0.275 e. The van der Waals surface area contributed by atoms with E-state index in [1.54, 1.807) is 6.20 Å². The fourth-order valence-corrected chi connectivity index (χ4v) is 1.33. The van der Waals surface area contributed by atoms with E-state index in [9.17, 15) is 0 Å². The number of ether oxygens (including phenoxy) is 2. The molecule has 1 rings (SSSR count). The van der Waals surface area contributed by atoms with Crippen molar-refractivity contribution < 1.29 is 9.47 Å². The number of thiazole rings is 1. The molecule has 1 aromatic heterocycles. The highest BCUT2D eigenvalue weighted by atomic mass is 32.1. The molecule has 0 aliphatic heterocycles. The van der Waals surface area contributed by atoms with Crippen molar-refractivity contribution in [1.29, 1.82) is 0 Å². The van der Waals surface area contributed by atoms with Gasteiger partial charge in [-0.2, -0.15) is 0 Å². The highest BCUT2D eigenvalue weighted by Crippen LogP contribution is 2.21. The maximum Gasteiger partial charge on any atom is 0.275 e. The summed E-state index contributed by atoms with van der Waals surface area (Å²) in [6, 6.07) is 0.